The summed E-state index contributed by atoms with van der Waals surface area (Å²) in [4.78, 5) is 18.0. The number of hydrazine groups is 1. The summed E-state index contributed by atoms with van der Waals surface area (Å²) in [5, 5.41) is 0. The van der Waals surface area contributed by atoms with Crippen LogP contribution in [-0.4, -0.2) is 22.8 Å². The molecule has 2 aromatic rings. The highest BCUT2D eigenvalue weighted by molar-refractivity contribution is 5.99. The fourth-order valence-electron chi connectivity index (χ4n) is 2.04. The lowest BCUT2D eigenvalue weighted by atomic mass is 10.1. The molecule has 21 heavy (non-hydrogen) atoms. The number of benzene rings is 1. The van der Waals surface area contributed by atoms with Gasteiger partial charge in [-0.25, -0.2) is 4.39 Å². The van der Waals surface area contributed by atoms with Crippen molar-refractivity contribution in [2.45, 2.75) is 13.5 Å². The molecule has 5 nitrogen and oxygen atoms in total. The molecular weight excluding hydrogens is 271 g/mol. The standard InChI is InChI=1S/C15H17FN4O/c1-10-6-14(19-17)13(8-18-10)15(21)20(2)9-11-4-3-5-12(16)7-11/h3-8H,9,17H2,1-2H3,(H,18,19). The van der Waals surface area contributed by atoms with Crippen molar-refractivity contribution in [3.05, 3.63) is 59.2 Å². The van der Waals surface area contributed by atoms with Crippen molar-refractivity contribution in [2.24, 2.45) is 5.84 Å². The molecule has 2 rings (SSSR count). The van der Waals surface area contributed by atoms with Crippen LogP contribution in [0.5, 0.6) is 0 Å². The number of hydrogen-bond donors (Lipinski definition) is 2. The van der Waals surface area contributed by atoms with E-state index in [2.05, 4.69) is 10.4 Å². The van der Waals surface area contributed by atoms with E-state index in [1.165, 1.54) is 23.2 Å². The quantitative estimate of drug-likeness (QED) is 0.667. The Hall–Kier alpha value is -2.47. The second-order valence-corrected chi connectivity index (χ2v) is 4.81. The number of amides is 1. The highest BCUT2D eigenvalue weighted by atomic mass is 19.1. The lowest BCUT2D eigenvalue weighted by Gasteiger charge is -2.19. The number of halogens is 1. The molecule has 3 N–H and O–H groups in total. The van der Waals surface area contributed by atoms with Gasteiger partial charge in [0.2, 0.25) is 0 Å². The van der Waals surface area contributed by atoms with E-state index in [1.807, 2.05) is 6.92 Å². The summed E-state index contributed by atoms with van der Waals surface area (Å²) in [5.74, 6) is 4.87. The summed E-state index contributed by atoms with van der Waals surface area (Å²) in [6.45, 7) is 2.11. The van der Waals surface area contributed by atoms with E-state index in [-0.39, 0.29) is 11.7 Å². The van der Waals surface area contributed by atoms with Crippen LogP contribution in [0.1, 0.15) is 21.6 Å². The van der Waals surface area contributed by atoms with Crippen LogP contribution in [0.15, 0.2) is 36.5 Å². The first-order chi connectivity index (χ1) is 10.0. The van der Waals surface area contributed by atoms with E-state index >= 15 is 0 Å². The zero-order valence-corrected chi connectivity index (χ0v) is 11.9. The normalized spacial score (nSPS) is 10.3. The number of nitrogens with one attached hydrogen (secondary N) is 1. The van der Waals surface area contributed by atoms with E-state index in [4.69, 9.17) is 5.84 Å². The van der Waals surface area contributed by atoms with Crippen molar-refractivity contribution in [3.63, 3.8) is 0 Å². The monoisotopic (exact) mass is 288 g/mol. The number of nitrogens with two attached hydrogens (primary N) is 1. The Morgan fingerprint density at radius 2 is 2.19 bits per heavy atom. The first-order valence-corrected chi connectivity index (χ1v) is 6.44. The van der Waals surface area contributed by atoms with Gasteiger partial charge in [-0.05, 0) is 30.7 Å². The zero-order valence-electron chi connectivity index (χ0n) is 11.9. The molecule has 110 valence electrons. The Morgan fingerprint density at radius 1 is 1.43 bits per heavy atom. The predicted molar refractivity (Wildman–Crippen MR) is 79.0 cm³/mol. The van der Waals surface area contributed by atoms with E-state index in [1.54, 1.807) is 25.2 Å². The van der Waals surface area contributed by atoms with Gasteiger partial charge in [-0.2, -0.15) is 0 Å². The maximum atomic E-state index is 13.2. The Bertz CT molecular complexity index is 660. The van der Waals surface area contributed by atoms with Gasteiger partial charge in [0.25, 0.3) is 5.91 Å². The number of nitrogen functional groups attached to an aromatic ring is 1. The van der Waals surface area contributed by atoms with E-state index < -0.39 is 0 Å². The van der Waals surface area contributed by atoms with E-state index in [0.717, 1.165) is 5.69 Å². The number of nitrogens with zero attached hydrogens (tertiary/aromatic N) is 2. The van der Waals surface area contributed by atoms with Gasteiger partial charge >= 0.3 is 0 Å². The van der Waals surface area contributed by atoms with Crippen LogP contribution in [0.2, 0.25) is 0 Å². The van der Waals surface area contributed by atoms with Crippen molar-refractivity contribution in [1.82, 2.24) is 9.88 Å². The first-order valence-electron chi connectivity index (χ1n) is 6.44. The molecule has 6 heteroatoms. The number of aryl methyl sites for hydroxylation is 1. The third-order valence-electron chi connectivity index (χ3n) is 3.08. The summed E-state index contributed by atoms with van der Waals surface area (Å²) in [6.07, 6.45) is 1.48. The lowest BCUT2D eigenvalue weighted by Crippen LogP contribution is -2.28. The van der Waals surface area contributed by atoms with Crippen LogP contribution in [0.4, 0.5) is 10.1 Å². The van der Waals surface area contributed by atoms with Crippen molar-refractivity contribution in [1.29, 1.82) is 0 Å². The summed E-state index contributed by atoms with van der Waals surface area (Å²) >= 11 is 0. The van der Waals surface area contributed by atoms with Gasteiger partial charge in [-0.15, -0.1) is 0 Å². The van der Waals surface area contributed by atoms with Crippen LogP contribution in [0, 0.1) is 12.7 Å². The smallest absolute Gasteiger partial charge is 0.257 e. The molecule has 0 aliphatic carbocycles. The van der Waals surface area contributed by atoms with Gasteiger partial charge < -0.3 is 10.3 Å². The zero-order chi connectivity index (χ0) is 15.4. The third-order valence-corrected chi connectivity index (χ3v) is 3.08. The molecule has 1 aromatic carbocycles. The molecule has 0 radical (unpaired) electrons. The Balaban J connectivity index is 2.19. The average Bonchev–Trinajstić information content (AvgIpc) is 2.46. The number of rotatable bonds is 4. The molecule has 0 atom stereocenters. The Labute approximate surface area is 122 Å². The summed E-state index contributed by atoms with van der Waals surface area (Å²) in [7, 11) is 1.65. The SMILES string of the molecule is Cc1cc(NN)c(C(=O)N(C)Cc2cccc(F)c2)cn1. The molecule has 0 fully saturated rings. The van der Waals surface area contributed by atoms with Crippen LogP contribution in [0.3, 0.4) is 0 Å². The Kier molecular flexibility index (Phi) is 4.49. The minimum absolute atomic E-state index is 0.236. The van der Waals surface area contributed by atoms with Crippen molar-refractivity contribution in [3.8, 4) is 0 Å². The first kappa shape index (κ1) is 14.9. The molecule has 0 saturated heterocycles. The maximum Gasteiger partial charge on any atom is 0.257 e. The van der Waals surface area contributed by atoms with Crippen molar-refractivity contribution in [2.75, 3.05) is 12.5 Å². The second-order valence-electron chi connectivity index (χ2n) is 4.81. The van der Waals surface area contributed by atoms with Gasteiger partial charge in [0, 0.05) is 25.5 Å². The number of pyridine rings is 1. The molecular formula is C15H17FN4O. The largest absolute Gasteiger partial charge is 0.337 e. The highest BCUT2D eigenvalue weighted by Gasteiger charge is 2.16. The molecule has 1 amide bonds. The van der Waals surface area contributed by atoms with Crippen LogP contribution >= 0.6 is 0 Å². The van der Waals surface area contributed by atoms with Gasteiger partial charge in [0.1, 0.15) is 5.82 Å². The van der Waals surface area contributed by atoms with Crippen LogP contribution < -0.4 is 11.3 Å². The Morgan fingerprint density at radius 3 is 2.86 bits per heavy atom. The molecule has 0 aliphatic heterocycles. The number of anilines is 1. The third kappa shape index (κ3) is 3.55. The molecule has 0 spiro atoms. The second kappa shape index (κ2) is 6.32. The fraction of sp³-hybridized carbons (Fsp3) is 0.200. The van der Waals surface area contributed by atoms with Gasteiger partial charge in [0.05, 0.1) is 11.3 Å². The molecule has 0 bridgehead atoms. The van der Waals surface area contributed by atoms with E-state index in [0.29, 0.717) is 23.4 Å². The summed E-state index contributed by atoms with van der Waals surface area (Å²) in [5.41, 5.74) is 4.86. The molecule has 1 heterocycles. The average molecular weight is 288 g/mol. The van der Waals surface area contributed by atoms with Crippen molar-refractivity contribution >= 4 is 11.6 Å². The fourth-order valence-corrected chi connectivity index (χ4v) is 2.04. The van der Waals surface area contributed by atoms with Gasteiger partial charge in [-0.3, -0.25) is 15.6 Å². The van der Waals surface area contributed by atoms with Crippen LogP contribution in [-0.2, 0) is 6.54 Å². The molecule has 0 saturated carbocycles. The lowest BCUT2D eigenvalue weighted by molar-refractivity contribution is 0.0785. The van der Waals surface area contributed by atoms with Gasteiger partial charge in [0.15, 0.2) is 0 Å². The van der Waals surface area contributed by atoms with Gasteiger partial charge in [-0.1, -0.05) is 12.1 Å². The van der Waals surface area contributed by atoms with E-state index in [9.17, 15) is 9.18 Å². The molecule has 0 unspecified atom stereocenters. The number of carbonyl (C=O) groups excluding carboxylic acids is 1. The maximum absolute atomic E-state index is 13.2. The molecule has 1 aromatic heterocycles. The van der Waals surface area contributed by atoms with Crippen LogP contribution in [0.25, 0.3) is 0 Å². The van der Waals surface area contributed by atoms with Crippen molar-refractivity contribution < 1.29 is 9.18 Å². The number of hydrogen-bond acceptors (Lipinski definition) is 4. The molecule has 0 aliphatic rings. The minimum atomic E-state index is -0.324. The topological polar surface area (TPSA) is 71.2 Å². The summed E-state index contributed by atoms with van der Waals surface area (Å²) < 4.78 is 13.2. The summed E-state index contributed by atoms with van der Waals surface area (Å²) in [6, 6.07) is 7.85. The number of aromatic nitrogens is 1. The minimum Gasteiger partial charge on any atom is -0.337 e. The highest BCUT2D eigenvalue weighted by Crippen LogP contribution is 2.17. The predicted octanol–water partition coefficient (Wildman–Crippen LogP) is 2.09. The number of carbonyl (C=O) groups is 1.